The van der Waals surface area contributed by atoms with Crippen LogP contribution < -0.4 is 0 Å². The summed E-state index contributed by atoms with van der Waals surface area (Å²) < 4.78 is 13.3. The lowest BCUT2D eigenvalue weighted by Gasteiger charge is -2.62. The number of hydrogen-bond donors (Lipinski definition) is 2. The minimum absolute atomic E-state index is 0.191. The lowest BCUT2D eigenvalue weighted by atomic mass is 9.43. The fraction of sp³-hybridized carbons (Fsp3) is 1.00. The van der Waals surface area contributed by atoms with E-state index in [1.165, 1.54) is 19.3 Å². The van der Waals surface area contributed by atoms with Gasteiger partial charge in [-0.25, -0.2) is 0 Å². The van der Waals surface area contributed by atoms with Crippen LogP contribution in [0.2, 0.25) is 0 Å². The van der Waals surface area contributed by atoms with Gasteiger partial charge in [-0.1, -0.05) is 27.7 Å². The highest BCUT2D eigenvalue weighted by Gasteiger charge is 2.69. The van der Waals surface area contributed by atoms with Gasteiger partial charge in [0.05, 0.1) is 24.9 Å². The molecule has 6 fully saturated rings. The fourth-order valence-corrected chi connectivity index (χ4v) is 10.3. The first kappa shape index (κ1) is 21.4. The summed E-state index contributed by atoms with van der Waals surface area (Å²) in [6, 6.07) is 0. The molecule has 0 aromatic heterocycles. The molecule has 31 heavy (non-hydrogen) atoms. The van der Waals surface area contributed by atoms with E-state index in [0.717, 1.165) is 45.1 Å². The summed E-state index contributed by atoms with van der Waals surface area (Å²) in [6.07, 6.45) is 9.58. The maximum Gasteiger partial charge on any atom is 0.171 e. The molecule has 2 N–H and O–H groups in total. The van der Waals surface area contributed by atoms with Crippen molar-refractivity contribution < 1.29 is 19.7 Å². The highest BCUT2D eigenvalue weighted by atomic mass is 16.7. The van der Waals surface area contributed by atoms with Crippen molar-refractivity contribution in [1.82, 2.24) is 0 Å². The van der Waals surface area contributed by atoms with Crippen LogP contribution in [0.3, 0.4) is 0 Å². The Bertz CT molecular complexity index is 716. The Balaban J connectivity index is 1.28. The van der Waals surface area contributed by atoms with Crippen LogP contribution in [0.15, 0.2) is 0 Å². The average Bonchev–Trinajstić information content (AvgIpc) is 3.17. The Morgan fingerprint density at radius 1 is 0.806 bits per heavy atom. The lowest BCUT2D eigenvalue weighted by molar-refractivity contribution is -0.273. The minimum Gasteiger partial charge on any atom is -0.393 e. The van der Waals surface area contributed by atoms with E-state index in [2.05, 4.69) is 27.7 Å². The van der Waals surface area contributed by atoms with Crippen LogP contribution >= 0.6 is 0 Å². The Morgan fingerprint density at radius 3 is 2.32 bits per heavy atom. The van der Waals surface area contributed by atoms with Gasteiger partial charge in [0.2, 0.25) is 0 Å². The van der Waals surface area contributed by atoms with E-state index in [9.17, 15) is 10.2 Å². The molecule has 2 aliphatic heterocycles. The normalized spacial score (nSPS) is 63.3. The molecule has 4 aliphatic carbocycles. The summed E-state index contributed by atoms with van der Waals surface area (Å²) in [4.78, 5) is 0. The van der Waals surface area contributed by atoms with Crippen molar-refractivity contribution in [3.8, 4) is 0 Å². The number of hydrogen-bond acceptors (Lipinski definition) is 4. The van der Waals surface area contributed by atoms with Crippen molar-refractivity contribution in [2.45, 2.75) is 110 Å². The van der Waals surface area contributed by atoms with Crippen molar-refractivity contribution in [2.24, 2.45) is 52.3 Å². The SMILES string of the molecule is C[C@@H]1CC[C@@]2(OC1)O[C@@H]1C[C@@H]3[C@H]4C[C@H](O)[C@H]5C[C@H](O)CC[C@]5(C)[C@@H]4CC[C@]3(C)[C@H]1[C@@H]2C. The fourth-order valence-electron chi connectivity index (χ4n) is 10.3. The van der Waals surface area contributed by atoms with Crippen molar-refractivity contribution in [2.75, 3.05) is 6.61 Å². The molecule has 1 spiro atoms. The molecule has 4 nitrogen and oxygen atoms in total. The molecule has 2 heterocycles. The van der Waals surface area contributed by atoms with E-state index in [0.29, 0.717) is 47.0 Å². The molecule has 6 aliphatic rings. The number of aliphatic hydroxyl groups is 2. The van der Waals surface area contributed by atoms with Gasteiger partial charge in [-0.3, -0.25) is 0 Å². The van der Waals surface area contributed by atoms with Crippen LogP contribution in [0.25, 0.3) is 0 Å². The average molecular weight is 433 g/mol. The molecule has 0 radical (unpaired) electrons. The summed E-state index contributed by atoms with van der Waals surface area (Å²) >= 11 is 0. The predicted octanol–water partition coefficient (Wildman–Crippen LogP) is 4.76. The number of ether oxygens (including phenoxy) is 2. The van der Waals surface area contributed by atoms with Crippen molar-refractivity contribution >= 4 is 0 Å². The number of fused-ring (bicyclic) bond motifs is 7. The molecular weight excluding hydrogens is 388 g/mol. The minimum atomic E-state index is -0.338. The zero-order valence-corrected chi connectivity index (χ0v) is 20.1. The molecule has 6 rings (SSSR count). The van der Waals surface area contributed by atoms with Gasteiger partial charge in [-0.2, -0.15) is 0 Å². The van der Waals surface area contributed by atoms with Crippen LogP contribution in [0.5, 0.6) is 0 Å². The number of rotatable bonds is 0. The second kappa shape index (κ2) is 6.93. The molecule has 13 atom stereocenters. The zero-order valence-electron chi connectivity index (χ0n) is 20.1. The smallest absolute Gasteiger partial charge is 0.171 e. The second-order valence-electron chi connectivity index (χ2n) is 13.2. The monoisotopic (exact) mass is 432 g/mol. The van der Waals surface area contributed by atoms with Gasteiger partial charge < -0.3 is 19.7 Å². The number of aliphatic hydroxyl groups excluding tert-OH is 2. The van der Waals surface area contributed by atoms with E-state index >= 15 is 0 Å². The highest BCUT2D eigenvalue weighted by Crippen LogP contribution is 2.71. The molecular formula is C27H44O4. The lowest BCUT2D eigenvalue weighted by Crippen LogP contribution is -2.58. The molecule has 2 saturated heterocycles. The Labute approximate surface area is 188 Å². The summed E-state index contributed by atoms with van der Waals surface area (Å²) in [5.74, 6) is 3.58. The van der Waals surface area contributed by atoms with Crippen molar-refractivity contribution in [1.29, 1.82) is 0 Å². The second-order valence-corrected chi connectivity index (χ2v) is 13.2. The van der Waals surface area contributed by atoms with Gasteiger partial charge in [-0.05, 0) is 97.7 Å². The first-order valence-electron chi connectivity index (χ1n) is 13.4. The van der Waals surface area contributed by atoms with Gasteiger partial charge in [0, 0.05) is 12.3 Å². The predicted molar refractivity (Wildman–Crippen MR) is 119 cm³/mol. The first-order valence-corrected chi connectivity index (χ1v) is 13.4. The van der Waals surface area contributed by atoms with Crippen molar-refractivity contribution in [3.63, 3.8) is 0 Å². The highest BCUT2D eigenvalue weighted by molar-refractivity contribution is 5.16. The molecule has 4 saturated carbocycles. The molecule has 176 valence electrons. The molecule has 0 amide bonds. The molecule has 0 unspecified atom stereocenters. The Morgan fingerprint density at radius 2 is 1.58 bits per heavy atom. The van der Waals surface area contributed by atoms with Gasteiger partial charge >= 0.3 is 0 Å². The standard InChI is InChI=1S/C27H44O4/c1-15-5-10-27(30-14-15)16(2)24-23(31-27)13-20-18-12-22(29)21-11-17(28)6-8-25(21,3)19(18)7-9-26(20,24)4/h15-24,28-29H,5-14H2,1-4H3/t15-,16+,17-,18+,19-,20-,21-,22+,23-,24+,25-,26+,27-/m1/s1. The third-order valence-corrected chi connectivity index (χ3v) is 11.9. The summed E-state index contributed by atoms with van der Waals surface area (Å²) in [7, 11) is 0. The van der Waals surface area contributed by atoms with Crippen LogP contribution in [0.1, 0.15) is 85.5 Å². The summed E-state index contributed by atoms with van der Waals surface area (Å²) in [6.45, 7) is 10.6. The van der Waals surface area contributed by atoms with E-state index < -0.39 is 0 Å². The van der Waals surface area contributed by atoms with Crippen LogP contribution in [0, 0.1) is 52.3 Å². The molecule has 0 aromatic carbocycles. The van der Waals surface area contributed by atoms with Crippen molar-refractivity contribution in [3.05, 3.63) is 0 Å². The van der Waals surface area contributed by atoms with E-state index in [-0.39, 0.29) is 29.3 Å². The Hall–Kier alpha value is -0.160. The third-order valence-electron chi connectivity index (χ3n) is 11.9. The van der Waals surface area contributed by atoms with E-state index in [4.69, 9.17) is 9.47 Å². The summed E-state index contributed by atoms with van der Waals surface area (Å²) in [5.41, 5.74) is 0.495. The van der Waals surface area contributed by atoms with Gasteiger partial charge in [0.15, 0.2) is 5.79 Å². The van der Waals surface area contributed by atoms with Gasteiger partial charge in [-0.15, -0.1) is 0 Å². The van der Waals surface area contributed by atoms with E-state index in [1.54, 1.807) is 0 Å². The van der Waals surface area contributed by atoms with Gasteiger partial charge in [0.25, 0.3) is 0 Å². The van der Waals surface area contributed by atoms with Crippen LogP contribution in [0.4, 0.5) is 0 Å². The molecule has 0 bridgehead atoms. The topological polar surface area (TPSA) is 58.9 Å². The maximum atomic E-state index is 11.2. The van der Waals surface area contributed by atoms with Crippen LogP contribution in [-0.2, 0) is 9.47 Å². The van der Waals surface area contributed by atoms with Gasteiger partial charge in [0.1, 0.15) is 0 Å². The largest absolute Gasteiger partial charge is 0.393 e. The van der Waals surface area contributed by atoms with Crippen LogP contribution in [-0.4, -0.2) is 40.9 Å². The summed E-state index contributed by atoms with van der Waals surface area (Å²) in [5, 5.41) is 21.5. The third kappa shape index (κ3) is 2.80. The zero-order chi connectivity index (χ0) is 21.8. The molecule has 0 aromatic rings. The quantitative estimate of drug-likeness (QED) is 0.579. The first-order chi connectivity index (χ1) is 14.7. The Kier molecular flexibility index (Phi) is 4.78. The van der Waals surface area contributed by atoms with E-state index in [1.807, 2.05) is 0 Å². The maximum absolute atomic E-state index is 11.2. The molecule has 4 heteroatoms.